The smallest absolute Gasteiger partial charge is 0.262 e. The summed E-state index contributed by atoms with van der Waals surface area (Å²) in [6, 6.07) is 27.7. The lowest BCUT2D eigenvalue weighted by atomic mass is 9.67. The molecule has 246 valence electrons. The van der Waals surface area contributed by atoms with E-state index < -0.39 is 6.10 Å². The fraction of sp³-hybridized carbons (Fsp3) is 0.342. The zero-order valence-electron chi connectivity index (χ0n) is 26.7. The van der Waals surface area contributed by atoms with Crippen molar-refractivity contribution in [1.82, 2.24) is 10.2 Å². The number of hydrogen-bond acceptors (Lipinski definition) is 8. The number of aliphatic hydroxyl groups is 1. The molecule has 1 fully saturated rings. The van der Waals surface area contributed by atoms with Gasteiger partial charge in [0.15, 0.2) is 12.4 Å². The van der Waals surface area contributed by atoms with Crippen LogP contribution < -0.4 is 20.1 Å². The molecule has 4 aromatic carbocycles. The highest BCUT2D eigenvalue weighted by molar-refractivity contribution is 5.97. The van der Waals surface area contributed by atoms with Gasteiger partial charge < -0.3 is 40.3 Å². The van der Waals surface area contributed by atoms with E-state index in [1.165, 1.54) is 11.6 Å². The van der Waals surface area contributed by atoms with E-state index in [0.29, 0.717) is 30.2 Å². The molecule has 4 aromatic rings. The van der Waals surface area contributed by atoms with Gasteiger partial charge in [-0.25, -0.2) is 0 Å². The number of anilines is 1. The number of aromatic hydroxyl groups is 2. The van der Waals surface area contributed by atoms with Crippen molar-refractivity contribution in [2.45, 2.75) is 37.2 Å². The topological polar surface area (TPSA) is 124 Å². The molecule has 9 heteroatoms. The molecule has 2 aliphatic rings. The molecule has 0 spiro atoms. The Morgan fingerprint density at radius 3 is 2.43 bits per heavy atom. The number of carbonyl (C=O) groups excluding carboxylic acids is 1. The Hall–Kier alpha value is -4.57. The minimum Gasteiger partial charge on any atom is -0.508 e. The first kappa shape index (κ1) is 32.4. The minimum absolute atomic E-state index is 0.0985. The second-order valence-electron chi connectivity index (χ2n) is 12.5. The van der Waals surface area contributed by atoms with Gasteiger partial charge in [0.1, 0.15) is 22.9 Å². The van der Waals surface area contributed by atoms with Crippen LogP contribution >= 0.6 is 0 Å². The third-order valence-corrected chi connectivity index (χ3v) is 9.39. The van der Waals surface area contributed by atoms with Crippen LogP contribution in [-0.2, 0) is 23.1 Å². The molecule has 0 bridgehead atoms. The van der Waals surface area contributed by atoms with E-state index in [1.54, 1.807) is 6.07 Å². The Labute approximate surface area is 275 Å². The maximum absolute atomic E-state index is 11.6. The van der Waals surface area contributed by atoms with Gasteiger partial charge in [0.05, 0.1) is 12.7 Å². The Kier molecular flexibility index (Phi) is 9.96. The number of fused-ring (bicyclic) bond motifs is 1. The van der Waals surface area contributed by atoms with Gasteiger partial charge >= 0.3 is 0 Å². The van der Waals surface area contributed by atoms with E-state index in [1.807, 2.05) is 42.5 Å². The lowest BCUT2D eigenvalue weighted by molar-refractivity contribution is -0.118. The van der Waals surface area contributed by atoms with Crippen molar-refractivity contribution in [1.29, 1.82) is 0 Å². The number of nitrogens with zero attached hydrogens (tertiary/aromatic N) is 1. The number of phenols is 2. The number of piperidine rings is 1. The molecule has 1 saturated heterocycles. The number of phenolic OH excluding ortho intramolecular Hbond substituents is 2. The van der Waals surface area contributed by atoms with Gasteiger partial charge in [0.2, 0.25) is 0 Å². The lowest BCUT2D eigenvalue weighted by Gasteiger charge is -2.42. The Bertz CT molecular complexity index is 1670. The molecule has 5 N–H and O–H groups in total. The molecule has 1 amide bonds. The maximum Gasteiger partial charge on any atom is 0.262 e. The van der Waals surface area contributed by atoms with Gasteiger partial charge in [-0.2, -0.15) is 0 Å². The average molecular weight is 638 g/mol. The molecule has 9 nitrogen and oxygen atoms in total. The van der Waals surface area contributed by atoms with Crippen LogP contribution in [0.3, 0.4) is 0 Å². The molecule has 1 atom stereocenters. The fourth-order valence-electron chi connectivity index (χ4n) is 6.65. The van der Waals surface area contributed by atoms with E-state index in [9.17, 15) is 20.1 Å². The van der Waals surface area contributed by atoms with Crippen LogP contribution in [0.1, 0.15) is 46.8 Å². The number of rotatable bonds is 12. The Morgan fingerprint density at radius 2 is 1.66 bits per heavy atom. The number of nitrogens with one attached hydrogen (secondary N) is 2. The van der Waals surface area contributed by atoms with Crippen LogP contribution in [-0.4, -0.2) is 72.6 Å². The number of amides is 1. The summed E-state index contributed by atoms with van der Waals surface area (Å²) in [5.41, 5.74) is 5.02. The fourth-order valence-corrected chi connectivity index (χ4v) is 6.65. The van der Waals surface area contributed by atoms with Crippen molar-refractivity contribution in [3.05, 3.63) is 113 Å². The summed E-state index contributed by atoms with van der Waals surface area (Å²) in [5, 5.41) is 37.7. The normalized spacial score (nSPS) is 16.5. The molecule has 0 aromatic heterocycles. The molecule has 0 aliphatic carbocycles. The number of hydrogen-bond donors (Lipinski definition) is 5. The van der Waals surface area contributed by atoms with Crippen molar-refractivity contribution in [3.8, 4) is 23.0 Å². The second-order valence-corrected chi connectivity index (χ2v) is 12.5. The first-order chi connectivity index (χ1) is 22.8. The highest BCUT2D eigenvalue weighted by Crippen LogP contribution is 2.45. The van der Waals surface area contributed by atoms with Gasteiger partial charge in [-0.05, 0) is 93.0 Å². The van der Waals surface area contributed by atoms with E-state index >= 15 is 0 Å². The summed E-state index contributed by atoms with van der Waals surface area (Å²) >= 11 is 0. The predicted octanol–water partition coefficient (Wildman–Crippen LogP) is 4.93. The average Bonchev–Trinajstić information content (AvgIpc) is 3.09. The standard InChI is InChI=1S/C38H43N3O6/c1-41-20-17-38(18-21-41,28-5-3-2-4-6-28)31-23-27(9-13-32(31)42)16-22-46-29-10-7-26(8-11-29)15-19-39-24-34(44)30-12-14-33(43)36-37(30)47-25-35(45)40-36/h2-14,23,34,39,42-44H,15-22,24-25H2,1H3,(H,40,45)/t34-/m0/s1. The third kappa shape index (κ3) is 7.38. The molecule has 2 heterocycles. The van der Waals surface area contributed by atoms with Crippen LogP contribution in [0.2, 0.25) is 0 Å². The SMILES string of the molecule is CN1CCC(c2ccccc2)(c2cc(CCOc3ccc(CCNC[C@H](O)c4ccc(O)c5c4OCC(=O)N5)cc3)ccc2O)CC1. The zero-order valence-corrected chi connectivity index (χ0v) is 26.7. The van der Waals surface area contributed by atoms with Crippen molar-refractivity contribution < 1.29 is 29.6 Å². The number of carbonyl (C=O) groups is 1. The molecule has 47 heavy (non-hydrogen) atoms. The van der Waals surface area contributed by atoms with Crippen LogP contribution in [0.5, 0.6) is 23.0 Å². The zero-order chi connectivity index (χ0) is 32.8. The van der Waals surface area contributed by atoms with E-state index in [0.717, 1.165) is 61.2 Å². The maximum atomic E-state index is 11.6. The number of likely N-dealkylation sites (tertiary alicyclic amines) is 1. The molecular weight excluding hydrogens is 594 g/mol. The van der Waals surface area contributed by atoms with Crippen LogP contribution in [0.4, 0.5) is 5.69 Å². The summed E-state index contributed by atoms with van der Waals surface area (Å²) in [5.74, 6) is 1.01. The van der Waals surface area contributed by atoms with E-state index in [2.05, 4.69) is 52.9 Å². The molecule has 0 unspecified atom stereocenters. The van der Waals surface area contributed by atoms with Crippen molar-refractivity contribution in [2.24, 2.45) is 0 Å². The molecular formula is C38H43N3O6. The van der Waals surface area contributed by atoms with Crippen LogP contribution in [0.15, 0.2) is 84.9 Å². The van der Waals surface area contributed by atoms with E-state index in [-0.39, 0.29) is 35.9 Å². The van der Waals surface area contributed by atoms with Gasteiger partial charge in [0.25, 0.3) is 5.91 Å². The Morgan fingerprint density at radius 1 is 0.936 bits per heavy atom. The second kappa shape index (κ2) is 14.5. The third-order valence-electron chi connectivity index (χ3n) is 9.39. The van der Waals surface area contributed by atoms with Gasteiger partial charge in [0, 0.05) is 29.5 Å². The van der Waals surface area contributed by atoms with Crippen molar-refractivity contribution in [2.75, 3.05) is 51.8 Å². The largest absolute Gasteiger partial charge is 0.508 e. The number of ether oxygens (including phenoxy) is 2. The predicted molar refractivity (Wildman–Crippen MR) is 181 cm³/mol. The number of aliphatic hydroxyl groups excluding tert-OH is 1. The quantitative estimate of drug-likeness (QED) is 0.110. The van der Waals surface area contributed by atoms with Gasteiger partial charge in [-0.3, -0.25) is 4.79 Å². The van der Waals surface area contributed by atoms with Crippen LogP contribution in [0.25, 0.3) is 0 Å². The molecule has 2 aliphatic heterocycles. The summed E-state index contributed by atoms with van der Waals surface area (Å²) < 4.78 is 11.6. The first-order valence-corrected chi connectivity index (χ1v) is 16.3. The van der Waals surface area contributed by atoms with Gasteiger partial charge in [-0.15, -0.1) is 0 Å². The summed E-state index contributed by atoms with van der Waals surface area (Å²) in [6.07, 6.45) is 2.54. The van der Waals surface area contributed by atoms with Crippen LogP contribution in [0, 0.1) is 0 Å². The monoisotopic (exact) mass is 637 g/mol. The van der Waals surface area contributed by atoms with Gasteiger partial charge in [-0.1, -0.05) is 54.6 Å². The summed E-state index contributed by atoms with van der Waals surface area (Å²) in [6.45, 7) is 3.27. The minimum atomic E-state index is -0.868. The highest BCUT2D eigenvalue weighted by atomic mass is 16.5. The highest BCUT2D eigenvalue weighted by Gasteiger charge is 2.39. The van der Waals surface area contributed by atoms with E-state index in [4.69, 9.17) is 9.47 Å². The lowest BCUT2D eigenvalue weighted by Crippen LogP contribution is -2.41. The summed E-state index contributed by atoms with van der Waals surface area (Å²) in [4.78, 5) is 14.0. The number of benzene rings is 4. The van der Waals surface area contributed by atoms with Crippen molar-refractivity contribution in [3.63, 3.8) is 0 Å². The van der Waals surface area contributed by atoms with Crippen molar-refractivity contribution >= 4 is 11.6 Å². The molecule has 0 saturated carbocycles. The molecule has 0 radical (unpaired) electrons. The first-order valence-electron chi connectivity index (χ1n) is 16.3. The summed E-state index contributed by atoms with van der Waals surface area (Å²) in [7, 11) is 2.16. The Balaban J connectivity index is 0.995. The molecule has 6 rings (SSSR count).